The number of aryl methyl sites for hydroxylation is 2. The van der Waals surface area contributed by atoms with Gasteiger partial charge in [0.25, 0.3) is 5.88 Å². The number of likely N-dealkylation sites (tertiary alicyclic amines) is 1. The normalized spacial score (nSPS) is 19.9. The minimum absolute atomic E-state index is 0.148. The number of carbonyl (C=O) groups excluding carboxylic acids is 1. The van der Waals surface area contributed by atoms with Crippen molar-refractivity contribution in [1.82, 2.24) is 49.0 Å². The standard InChI is InChI=1S/C21H26N12O2/c1-29-13-23-15-16(25-14-9-30(2)28-18(14)35-3)26-19(27-17(15)29)31-7-4-5-21(10-31)6-8-32(21)20(34)33-12-22-11-24-33/h9,11-13H,4-8,10H2,1-3H3,(H,25,26,27). The zero-order valence-electron chi connectivity index (χ0n) is 19.8. The summed E-state index contributed by atoms with van der Waals surface area (Å²) in [6.45, 7) is 2.14. The van der Waals surface area contributed by atoms with Gasteiger partial charge in [0.05, 0.1) is 25.2 Å². The third-order valence-corrected chi connectivity index (χ3v) is 6.85. The van der Waals surface area contributed by atoms with E-state index in [1.165, 1.54) is 17.3 Å². The number of carbonyl (C=O) groups is 1. The van der Waals surface area contributed by atoms with Crippen LogP contribution in [-0.2, 0) is 14.1 Å². The van der Waals surface area contributed by atoms with Crippen LogP contribution < -0.4 is 15.0 Å². The number of hydrogen-bond donors (Lipinski definition) is 1. The number of imidazole rings is 1. The van der Waals surface area contributed by atoms with Crippen LogP contribution in [0.3, 0.4) is 0 Å². The number of amides is 1. The quantitative estimate of drug-likeness (QED) is 0.455. The Hall–Kier alpha value is -4.23. The Morgan fingerprint density at radius 1 is 1.17 bits per heavy atom. The highest BCUT2D eigenvalue weighted by atomic mass is 16.5. The van der Waals surface area contributed by atoms with Crippen LogP contribution in [0.2, 0.25) is 0 Å². The molecule has 1 spiro atoms. The van der Waals surface area contributed by atoms with E-state index in [0.717, 1.165) is 25.8 Å². The Balaban J connectivity index is 1.33. The number of nitrogens with one attached hydrogen (secondary N) is 1. The largest absolute Gasteiger partial charge is 0.478 e. The summed E-state index contributed by atoms with van der Waals surface area (Å²) < 4.78 is 10.2. The van der Waals surface area contributed by atoms with Crippen molar-refractivity contribution < 1.29 is 9.53 Å². The van der Waals surface area contributed by atoms with Gasteiger partial charge in [0, 0.05) is 33.7 Å². The maximum atomic E-state index is 13.0. The molecule has 14 heteroatoms. The summed E-state index contributed by atoms with van der Waals surface area (Å²) in [4.78, 5) is 35.2. The van der Waals surface area contributed by atoms with Crippen LogP contribution in [0.5, 0.6) is 5.88 Å². The van der Waals surface area contributed by atoms with Crippen molar-refractivity contribution in [1.29, 1.82) is 0 Å². The monoisotopic (exact) mass is 478 g/mol. The average molecular weight is 479 g/mol. The van der Waals surface area contributed by atoms with E-state index < -0.39 is 0 Å². The zero-order valence-corrected chi connectivity index (χ0v) is 19.8. The van der Waals surface area contributed by atoms with Crippen molar-refractivity contribution >= 4 is 34.6 Å². The van der Waals surface area contributed by atoms with Crippen LogP contribution >= 0.6 is 0 Å². The average Bonchev–Trinajstić information content (AvgIpc) is 3.59. The molecule has 0 aliphatic carbocycles. The Labute approximate surface area is 200 Å². The van der Waals surface area contributed by atoms with E-state index in [1.807, 2.05) is 29.8 Å². The molecule has 2 saturated heterocycles. The molecule has 2 aliphatic heterocycles. The molecule has 4 aromatic rings. The Morgan fingerprint density at radius 2 is 2.06 bits per heavy atom. The maximum absolute atomic E-state index is 13.0. The second-order valence-corrected chi connectivity index (χ2v) is 9.02. The van der Waals surface area contributed by atoms with Gasteiger partial charge in [-0.2, -0.15) is 19.7 Å². The van der Waals surface area contributed by atoms with Crippen molar-refractivity contribution in [3.8, 4) is 5.88 Å². The minimum atomic E-state index is -0.272. The first-order valence-electron chi connectivity index (χ1n) is 11.4. The van der Waals surface area contributed by atoms with E-state index in [1.54, 1.807) is 18.1 Å². The first-order valence-corrected chi connectivity index (χ1v) is 11.4. The molecular formula is C21H26N12O2. The zero-order chi connectivity index (χ0) is 24.2. The second-order valence-electron chi connectivity index (χ2n) is 9.02. The van der Waals surface area contributed by atoms with Gasteiger partial charge in [-0.15, -0.1) is 5.10 Å². The molecule has 6 rings (SSSR count). The molecule has 2 aliphatic rings. The van der Waals surface area contributed by atoms with Crippen molar-refractivity contribution in [3.05, 3.63) is 25.2 Å². The lowest BCUT2D eigenvalue weighted by Gasteiger charge is -2.56. The number of anilines is 3. The van der Waals surface area contributed by atoms with Gasteiger partial charge in [-0.3, -0.25) is 4.68 Å². The summed E-state index contributed by atoms with van der Waals surface area (Å²) >= 11 is 0. The summed E-state index contributed by atoms with van der Waals surface area (Å²) in [7, 11) is 5.31. The fourth-order valence-corrected chi connectivity index (χ4v) is 5.03. The van der Waals surface area contributed by atoms with Crippen LogP contribution in [0.1, 0.15) is 19.3 Å². The summed E-state index contributed by atoms with van der Waals surface area (Å²) in [6, 6.07) is -0.148. The summed E-state index contributed by atoms with van der Waals surface area (Å²) in [5, 5.41) is 11.7. The maximum Gasteiger partial charge on any atom is 0.346 e. The highest BCUT2D eigenvalue weighted by molar-refractivity contribution is 5.87. The molecule has 4 aromatic heterocycles. The molecular weight excluding hydrogens is 452 g/mol. The lowest BCUT2D eigenvalue weighted by atomic mass is 9.78. The molecule has 1 unspecified atom stereocenters. The van der Waals surface area contributed by atoms with E-state index in [2.05, 4.69) is 30.4 Å². The van der Waals surface area contributed by atoms with Crippen LogP contribution in [-0.4, -0.2) is 87.3 Å². The molecule has 0 aromatic carbocycles. The SMILES string of the molecule is COc1nn(C)cc1Nc1nc(N2CCCC3(CCN3C(=O)n3cncn3)C2)nc2c1ncn2C. The lowest BCUT2D eigenvalue weighted by Crippen LogP contribution is -2.69. The molecule has 14 nitrogen and oxygen atoms in total. The number of fused-ring (bicyclic) bond motifs is 1. The third kappa shape index (κ3) is 3.43. The topological polar surface area (TPSA) is 137 Å². The molecule has 182 valence electrons. The molecule has 0 bridgehead atoms. The molecule has 0 saturated carbocycles. The van der Waals surface area contributed by atoms with E-state index in [0.29, 0.717) is 47.6 Å². The van der Waals surface area contributed by atoms with Gasteiger partial charge in [-0.1, -0.05) is 0 Å². The van der Waals surface area contributed by atoms with E-state index in [4.69, 9.17) is 14.7 Å². The predicted octanol–water partition coefficient (Wildman–Crippen LogP) is 1.15. The molecule has 1 N–H and O–H groups in total. The molecule has 2 fully saturated rings. The van der Waals surface area contributed by atoms with Crippen molar-refractivity contribution in [2.24, 2.45) is 14.1 Å². The van der Waals surface area contributed by atoms with E-state index >= 15 is 0 Å². The second kappa shape index (κ2) is 7.92. The molecule has 0 radical (unpaired) electrons. The molecule has 1 amide bonds. The fourth-order valence-electron chi connectivity index (χ4n) is 5.03. The summed E-state index contributed by atoms with van der Waals surface area (Å²) in [5.41, 5.74) is 1.78. The first-order chi connectivity index (χ1) is 17.0. The van der Waals surface area contributed by atoms with E-state index in [9.17, 15) is 4.79 Å². The lowest BCUT2D eigenvalue weighted by molar-refractivity contribution is 0.0115. The molecule has 35 heavy (non-hydrogen) atoms. The van der Waals surface area contributed by atoms with Crippen LogP contribution in [0.4, 0.5) is 22.2 Å². The number of aromatic nitrogens is 9. The fraction of sp³-hybridized carbons (Fsp3) is 0.476. The van der Waals surface area contributed by atoms with Crippen LogP contribution in [0.25, 0.3) is 11.2 Å². The minimum Gasteiger partial charge on any atom is -0.478 e. The Morgan fingerprint density at radius 3 is 2.80 bits per heavy atom. The smallest absolute Gasteiger partial charge is 0.346 e. The first kappa shape index (κ1) is 21.3. The number of ether oxygens (including phenoxy) is 1. The number of nitrogens with zero attached hydrogens (tertiary/aromatic N) is 11. The number of hydrogen-bond acceptors (Lipinski definition) is 10. The summed E-state index contributed by atoms with van der Waals surface area (Å²) in [6.07, 6.45) is 9.14. The highest BCUT2D eigenvalue weighted by Gasteiger charge is 2.50. The van der Waals surface area contributed by atoms with Crippen LogP contribution in [0.15, 0.2) is 25.2 Å². The van der Waals surface area contributed by atoms with Gasteiger partial charge < -0.3 is 24.4 Å². The van der Waals surface area contributed by atoms with Gasteiger partial charge in [0.15, 0.2) is 17.0 Å². The van der Waals surface area contributed by atoms with E-state index in [-0.39, 0.29) is 11.6 Å². The third-order valence-electron chi connectivity index (χ3n) is 6.85. The van der Waals surface area contributed by atoms with Crippen molar-refractivity contribution in [3.63, 3.8) is 0 Å². The van der Waals surface area contributed by atoms with Crippen molar-refractivity contribution in [2.45, 2.75) is 24.8 Å². The van der Waals surface area contributed by atoms with Gasteiger partial charge in [-0.25, -0.2) is 14.8 Å². The molecule has 6 heterocycles. The number of piperidine rings is 1. The molecule has 1 atom stereocenters. The van der Waals surface area contributed by atoms with Crippen LogP contribution in [0, 0.1) is 0 Å². The summed E-state index contributed by atoms with van der Waals surface area (Å²) in [5.74, 6) is 1.62. The van der Waals surface area contributed by atoms with Gasteiger partial charge >= 0.3 is 6.03 Å². The van der Waals surface area contributed by atoms with Gasteiger partial charge in [-0.05, 0) is 19.3 Å². The van der Waals surface area contributed by atoms with Crippen molar-refractivity contribution in [2.75, 3.05) is 37.0 Å². The Bertz CT molecular complexity index is 1390. The van der Waals surface area contributed by atoms with Gasteiger partial charge in [0.1, 0.15) is 18.3 Å². The highest BCUT2D eigenvalue weighted by Crippen LogP contribution is 2.40. The van der Waals surface area contributed by atoms with Gasteiger partial charge in [0.2, 0.25) is 5.95 Å². The predicted molar refractivity (Wildman–Crippen MR) is 126 cm³/mol. The number of rotatable bonds is 4. The Kier molecular flexibility index (Phi) is 4.82. The number of methoxy groups -OCH3 is 1.